The number of carbonyl (C=O) groups is 1. The van der Waals surface area contributed by atoms with Gasteiger partial charge in [-0.2, -0.15) is 0 Å². The van der Waals surface area contributed by atoms with E-state index in [2.05, 4.69) is 4.98 Å². The van der Waals surface area contributed by atoms with Crippen molar-refractivity contribution in [2.45, 2.75) is 32.4 Å². The number of aromatic nitrogens is 1. The van der Waals surface area contributed by atoms with E-state index in [0.29, 0.717) is 17.0 Å². The lowest BCUT2D eigenvalue weighted by Gasteiger charge is -2.22. The average molecular weight is 372 g/mol. The van der Waals surface area contributed by atoms with Crippen molar-refractivity contribution in [3.05, 3.63) is 63.7 Å². The molecule has 128 valence electrons. The molecule has 0 unspecified atom stereocenters. The van der Waals surface area contributed by atoms with Crippen LogP contribution in [0.25, 0.3) is 9.88 Å². The SMILES string of the molecule is Cc1nc(-c2cccs2)sc1C(=O)N(Cc1ccccc1F)C1CC1. The third-order valence-electron chi connectivity index (χ3n) is 4.27. The highest BCUT2D eigenvalue weighted by Gasteiger charge is 2.35. The van der Waals surface area contributed by atoms with Gasteiger partial charge in [-0.1, -0.05) is 24.3 Å². The van der Waals surface area contributed by atoms with Crippen LogP contribution in [0.5, 0.6) is 0 Å². The van der Waals surface area contributed by atoms with Gasteiger partial charge in [-0.05, 0) is 37.3 Å². The minimum absolute atomic E-state index is 0.0384. The first-order chi connectivity index (χ1) is 12.1. The summed E-state index contributed by atoms with van der Waals surface area (Å²) in [6.45, 7) is 2.18. The molecule has 1 aliphatic rings. The predicted octanol–water partition coefficient (Wildman–Crippen LogP) is 5.12. The molecule has 0 N–H and O–H groups in total. The Balaban J connectivity index is 1.63. The van der Waals surface area contributed by atoms with Crippen molar-refractivity contribution in [1.82, 2.24) is 9.88 Å². The lowest BCUT2D eigenvalue weighted by molar-refractivity contribution is 0.0732. The molecule has 4 rings (SSSR count). The third-order valence-corrected chi connectivity index (χ3v) is 6.45. The number of thiazole rings is 1. The molecule has 1 saturated carbocycles. The Bertz CT molecular complexity index is 900. The lowest BCUT2D eigenvalue weighted by atomic mass is 10.2. The van der Waals surface area contributed by atoms with Crippen LogP contribution in [0.1, 0.15) is 33.8 Å². The number of thiophene rings is 1. The summed E-state index contributed by atoms with van der Waals surface area (Å²) in [5, 5.41) is 2.87. The largest absolute Gasteiger partial charge is 0.330 e. The molecule has 1 amide bonds. The molecular weight excluding hydrogens is 355 g/mol. The van der Waals surface area contributed by atoms with E-state index in [1.165, 1.54) is 17.4 Å². The van der Waals surface area contributed by atoms with Crippen LogP contribution in [0.2, 0.25) is 0 Å². The molecule has 0 radical (unpaired) electrons. The van der Waals surface area contributed by atoms with Gasteiger partial charge in [0.25, 0.3) is 5.91 Å². The summed E-state index contributed by atoms with van der Waals surface area (Å²) < 4.78 is 14.0. The second kappa shape index (κ2) is 6.69. The number of amides is 1. The Kier molecular flexibility index (Phi) is 4.39. The number of hydrogen-bond acceptors (Lipinski definition) is 4. The normalized spacial score (nSPS) is 13.8. The maximum atomic E-state index is 14.0. The highest BCUT2D eigenvalue weighted by atomic mass is 32.1. The highest BCUT2D eigenvalue weighted by Crippen LogP contribution is 2.35. The van der Waals surface area contributed by atoms with E-state index in [-0.39, 0.29) is 17.8 Å². The Morgan fingerprint density at radius 2 is 2.08 bits per heavy atom. The molecule has 0 atom stereocenters. The molecule has 2 aromatic heterocycles. The lowest BCUT2D eigenvalue weighted by Crippen LogP contribution is -2.32. The van der Waals surface area contributed by atoms with Gasteiger partial charge >= 0.3 is 0 Å². The van der Waals surface area contributed by atoms with Crippen molar-refractivity contribution in [1.29, 1.82) is 0 Å². The summed E-state index contributed by atoms with van der Waals surface area (Å²) in [7, 11) is 0. The second-order valence-corrected chi connectivity index (χ2v) is 8.11. The molecule has 1 aliphatic carbocycles. The van der Waals surface area contributed by atoms with E-state index in [1.54, 1.807) is 34.4 Å². The van der Waals surface area contributed by atoms with Crippen LogP contribution in [-0.4, -0.2) is 21.8 Å². The molecule has 0 aliphatic heterocycles. The maximum absolute atomic E-state index is 14.0. The minimum Gasteiger partial charge on any atom is -0.330 e. The second-order valence-electron chi connectivity index (χ2n) is 6.17. The molecule has 2 heterocycles. The van der Waals surface area contributed by atoms with Crippen LogP contribution < -0.4 is 0 Å². The Labute approximate surface area is 153 Å². The zero-order valence-electron chi connectivity index (χ0n) is 13.7. The Hall–Kier alpha value is -2.05. The average Bonchev–Trinajstić information content (AvgIpc) is 3.14. The van der Waals surface area contributed by atoms with Crippen LogP contribution in [0.3, 0.4) is 0 Å². The van der Waals surface area contributed by atoms with Gasteiger partial charge < -0.3 is 4.90 Å². The van der Waals surface area contributed by atoms with Gasteiger partial charge in [0.15, 0.2) is 0 Å². The van der Waals surface area contributed by atoms with Crippen molar-refractivity contribution in [2.24, 2.45) is 0 Å². The number of rotatable bonds is 5. The van der Waals surface area contributed by atoms with Gasteiger partial charge in [0.05, 0.1) is 10.6 Å². The van der Waals surface area contributed by atoms with E-state index >= 15 is 0 Å². The number of halogens is 1. The maximum Gasteiger partial charge on any atom is 0.266 e. The smallest absolute Gasteiger partial charge is 0.266 e. The van der Waals surface area contributed by atoms with Crippen molar-refractivity contribution in [3.8, 4) is 9.88 Å². The van der Waals surface area contributed by atoms with E-state index < -0.39 is 0 Å². The molecule has 3 nitrogen and oxygen atoms in total. The number of benzene rings is 1. The fourth-order valence-electron chi connectivity index (χ4n) is 2.79. The Morgan fingerprint density at radius 1 is 1.28 bits per heavy atom. The summed E-state index contributed by atoms with van der Waals surface area (Å²) >= 11 is 3.04. The first kappa shape index (κ1) is 16.4. The van der Waals surface area contributed by atoms with Crippen LogP contribution in [0.15, 0.2) is 41.8 Å². The molecule has 6 heteroatoms. The molecular formula is C19H17FN2OS2. The van der Waals surface area contributed by atoms with Gasteiger partial charge in [0.2, 0.25) is 0 Å². The van der Waals surface area contributed by atoms with Crippen LogP contribution in [0, 0.1) is 12.7 Å². The van der Waals surface area contributed by atoms with Gasteiger partial charge in [0.1, 0.15) is 15.7 Å². The first-order valence-corrected chi connectivity index (χ1v) is 9.89. The fraction of sp³-hybridized carbons (Fsp3) is 0.263. The number of aryl methyl sites for hydroxylation is 1. The molecule has 25 heavy (non-hydrogen) atoms. The molecule has 3 aromatic rings. The summed E-state index contributed by atoms with van der Waals surface area (Å²) in [5.74, 6) is -0.301. The van der Waals surface area contributed by atoms with E-state index in [1.807, 2.05) is 24.4 Å². The van der Waals surface area contributed by atoms with Gasteiger partial charge in [0, 0.05) is 18.2 Å². The zero-order chi connectivity index (χ0) is 17.4. The predicted molar refractivity (Wildman–Crippen MR) is 99.5 cm³/mol. The number of carbonyl (C=O) groups excluding carboxylic acids is 1. The summed E-state index contributed by atoms with van der Waals surface area (Å²) in [4.78, 5) is 21.2. The van der Waals surface area contributed by atoms with Crippen LogP contribution in [-0.2, 0) is 6.54 Å². The molecule has 1 fully saturated rings. The summed E-state index contributed by atoms with van der Waals surface area (Å²) in [6.07, 6.45) is 1.96. The molecule has 0 bridgehead atoms. The van der Waals surface area contributed by atoms with E-state index in [9.17, 15) is 9.18 Å². The van der Waals surface area contributed by atoms with Gasteiger partial charge in [-0.15, -0.1) is 22.7 Å². The molecule has 0 spiro atoms. The van der Waals surface area contributed by atoms with Gasteiger partial charge in [-0.25, -0.2) is 9.37 Å². The first-order valence-electron chi connectivity index (χ1n) is 8.19. The standard InChI is InChI=1S/C19H17FN2OS2/c1-12-17(25-18(21-12)16-7-4-10-24-16)19(23)22(14-8-9-14)11-13-5-2-3-6-15(13)20/h2-7,10,14H,8-9,11H2,1H3. The Morgan fingerprint density at radius 3 is 2.76 bits per heavy atom. The van der Waals surface area contributed by atoms with Crippen molar-refractivity contribution in [2.75, 3.05) is 0 Å². The zero-order valence-corrected chi connectivity index (χ0v) is 15.4. The summed E-state index contributed by atoms with van der Waals surface area (Å²) in [5.41, 5.74) is 1.31. The van der Waals surface area contributed by atoms with Crippen molar-refractivity contribution < 1.29 is 9.18 Å². The minimum atomic E-state index is -0.263. The molecule has 1 aromatic carbocycles. The van der Waals surface area contributed by atoms with E-state index in [0.717, 1.165) is 28.4 Å². The summed E-state index contributed by atoms with van der Waals surface area (Å²) in [6, 6.07) is 10.9. The number of hydrogen-bond donors (Lipinski definition) is 0. The van der Waals surface area contributed by atoms with Crippen LogP contribution >= 0.6 is 22.7 Å². The van der Waals surface area contributed by atoms with Gasteiger partial charge in [-0.3, -0.25) is 4.79 Å². The topological polar surface area (TPSA) is 33.2 Å². The quantitative estimate of drug-likeness (QED) is 0.622. The fourth-order valence-corrected chi connectivity index (χ4v) is 4.61. The van der Waals surface area contributed by atoms with Crippen molar-refractivity contribution in [3.63, 3.8) is 0 Å². The van der Waals surface area contributed by atoms with E-state index in [4.69, 9.17) is 0 Å². The highest BCUT2D eigenvalue weighted by molar-refractivity contribution is 7.22. The molecule has 0 saturated heterocycles. The monoisotopic (exact) mass is 372 g/mol. The third kappa shape index (κ3) is 3.37. The van der Waals surface area contributed by atoms with Crippen molar-refractivity contribution >= 4 is 28.6 Å². The number of nitrogens with zero attached hydrogens (tertiary/aromatic N) is 2. The van der Waals surface area contributed by atoms with Crippen LogP contribution in [0.4, 0.5) is 4.39 Å².